The van der Waals surface area contributed by atoms with Crippen molar-refractivity contribution in [2.45, 2.75) is 39.5 Å². The van der Waals surface area contributed by atoms with E-state index in [1.165, 1.54) is 18.4 Å². The average Bonchev–Trinajstić information content (AvgIpc) is 2.80. The van der Waals surface area contributed by atoms with Crippen molar-refractivity contribution in [2.24, 2.45) is 11.8 Å². The second-order valence-electron chi connectivity index (χ2n) is 5.80. The number of amides is 1. The van der Waals surface area contributed by atoms with Gasteiger partial charge in [0.05, 0.1) is 24.5 Å². The monoisotopic (exact) mass is 339 g/mol. The summed E-state index contributed by atoms with van der Waals surface area (Å²) in [4.78, 5) is 36.7. The molecule has 0 spiro atoms. The minimum atomic E-state index is -0.934. The van der Waals surface area contributed by atoms with Crippen LogP contribution >= 0.6 is 11.3 Å². The highest BCUT2D eigenvalue weighted by molar-refractivity contribution is 7.16. The van der Waals surface area contributed by atoms with Gasteiger partial charge in [-0.15, -0.1) is 11.3 Å². The molecule has 1 saturated carbocycles. The molecular formula is C16H21NO5S. The third-order valence-corrected chi connectivity index (χ3v) is 5.55. The summed E-state index contributed by atoms with van der Waals surface area (Å²) >= 11 is 1.31. The van der Waals surface area contributed by atoms with Crippen LogP contribution in [0.4, 0.5) is 5.00 Å². The minimum Gasteiger partial charge on any atom is -0.481 e. The normalized spacial score (nSPS) is 20.8. The van der Waals surface area contributed by atoms with Crippen molar-refractivity contribution < 1.29 is 24.2 Å². The van der Waals surface area contributed by atoms with E-state index in [0.29, 0.717) is 23.4 Å². The van der Waals surface area contributed by atoms with Gasteiger partial charge in [-0.2, -0.15) is 0 Å². The molecule has 1 aromatic heterocycles. The average molecular weight is 339 g/mol. The van der Waals surface area contributed by atoms with E-state index in [1.54, 1.807) is 6.92 Å². The third kappa shape index (κ3) is 3.55. The van der Waals surface area contributed by atoms with Crippen molar-refractivity contribution in [2.75, 3.05) is 12.4 Å². The third-order valence-electron chi connectivity index (χ3n) is 4.43. The van der Waals surface area contributed by atoms with E-state index in [-0.39, 0.29) is 5.91 Å². The van der Waals surface area contributed by atoms with Gasteiger partial charge in [0.15, 0.2) is 0 Å². The molecule has 1 fully saturated rings. The summed E-state index contributed by atoms with van der Waals surface area (Å²) in [5.41, 5.74) is 1.13. The second-order valence-corrected chi connectivity index (χ2v) is 7.03. The summed E-state index contributed by atoms with van der Waals surface area (Å²) in [6.45, 7) is 3.66. The Morgan fingerprint density at radius 1 is 1.17 bits per heavy atom. The molecule has 23 heavy (non-hydrogen) atoms. The Morgan fingerprint density at radius 2 is 1.78 bits per heavy atom. The van der Waals surface area contributed by atoms with Gasteiger partial charge < -0.3 is 15.2 Å². The van der Waals surface area contributed by atoms with E-state index in [4.69, 9.17) is 4.74 Å². The Morgan fingerprint density at radius 3 is 2.35 bits per heavy atom. The lowest BCUT2D eigenvalue weighted by Gasteiger charge is -2.27. The number of carboxylic acid groups (broad SMARTS) is 1. The number of carboxylic acids is 1. The van der Waals surface area contributed by atoms with E-state index < -0.39 is 23.8 Å². The fraction of sp³-hybridized carbons (Fsp3) is 0.562. The lowest BCUT2D eigenvalue weighted by Crippen LogP contribution is -2.36. The number of aliphatic carboxylic acids is 1. The molecule has 1 heterocycles. The fourth-order valence-electron chi connectivity index (χ4n) is 3.01. The van der Waals surface area contributed by atoms with Crippen molar-refractivity contribution in [3.05, 3.63) is 16.0 Å². The predicted molar refractivity (Wildman–Crippen MR) is 86.8 cm³/mol. The molecule has 0 aliphatic heterocycles. The fourth-order valence-corrected chi connectivity index (χ4v) is 4.06. The number of hydrogen-bond donors (Lipinski definition) is 2. The zero-order valence-corrected chi connectivity index (χ0v) is 14.3. The maximum absolute atomic E-state index is 12.5. The van der Waals surface area contributed by atoms with Crippen LogP contribution in [-0.4, -0.2) is 30.1 Å². The summed E-state index contributed by atoms with van der Waals surface area (Å²) in [5, 5.41) is 12.5. The topological polar surface area (TPSA) is 92.7 Å². The first-order valence-electron chi connectivity index (χ1n) is 7.58. The number of esters is 1. The molecule has 0 bridgehead atoms. The lowest BCUT2D eigenvalue weighted by atomic mass is 9.79. The molecule has 1 aliphatic carbocycles. The number of hydrogen-bond acceptors (Lipinski definition) is 5. The van der Waals surface area contributed by atoms with Gasteiger partial charge in [0.2, 0.25) is 5.91 Å². The first-order valence-corrected chi connectivity index (χ1v) is 8.40. The molecule has 2 N–H and O–H groups in total. The van der Waals surface area contributed by atoms with E-state index in [0.717, 1.165) is 23.3 Å². The van der Waals surface area contributed by atoms with E-state index in [1.807, 2.05) is 6.92 Å². The number of thiophene rings is 1. The molecule has 2 unspecified atom stereocenters. The SMILES string of the molecule is COC(=O)c1c(NC(=O)C2CCCCC2C(=O)O)sc(C)c1C. The van der Waals surface area contributed by atoms with Gasteiger partial charge in [0.25, 0.3) is 0 Å². The maximum Gasteiger partial charge on any atom is 0.341 e. The Kier molecular flexibility index (Phi) is 5.41. The Hall–Kier alpha value is -1.89. The summed E-state index contributed by atoms with van der Waals surface area (Å²) in [7, 11) is 1.29. The van der Waals surface area contributed by atoms with Crippen molar-refractivity contribution in [1.82, 2.24) is 0 Å². The molecule has 1 amide bonds. The molecular weight excluding hydrogens is 318 g/mol. The van der Waals surface area contributed by atoms with E-state index in [2.05, 4.69) is 5.32 Å². The Labute approximate surface area is 138 Å². The van der Waals surface area contributed by atoms with Gasteiger partial charge in [-0.3, -0.25) is 9.59 Å². The Bertz CT molecular complexity index is 637. The number of nitrogens with one attached hydrogen (secondary N) is 1. The smallest absolute Gasteiger partial charge is 0.341 e. The number of ether oxygens (including phenoxy) is 1. The molecule has 1 aliphatic rings. The van der Waals surface area contributed by atoms with Crippen molar-refractivity contribution in [1.29, 1.82) is 0 Å². The van der Waals surface area contributed by atoms with Gasteiger partial charge in [-0.05, 0) is 32.3 Å². The van der Waals surface area contributed by atoms with Crippen LogP contribution < -0.4 is 5.32 Å². The minimum absolute atomic E-state index is 0.330. The molecule has 6 nitrogen and oxygen atoms in total. The van der Waals surface area contributed by atoms with Crippen LogP contribution in [0.1, 0.15) is 46.5 Å². The summed E-state index contributed by atoms with van der Waals surface area (Å²) in [5.74, 6) is -2.98. The molecule has 0 saturated heterocycles. The lowest BCUT2D eigenvalue weighted by molar-refractivity contribution is -0.147. The quantitative estimate of drug-likeness (QED) is 0.823. The van der Waals surface area contributed by atoms with Crippen LogP contribution in [0, 0.1) is 25.7 Å². The molecule has 2 atom stereocenters. The largest absolute Gasteiger partial charge is 0.481 e. The summed E-state index contributed by atoms with van der Waals surface area (Å²) < 4.78 is 4.78. The molecule has 2 rings (SSSR count). The second kappa shape index (κ2) is 7.12. The number of anilines is 1. The van der Waals surface area contributed by atoms with Gasteiger partial charge in [-0.1, -0.05) is 12.8 Å². The van der Waals surface area contributed by atoms with Crippen LogP contribution in [-0.2, 0) is 14.3 Å². The number of carbonyl (C=O) groups is 3. The highest BCUT2D eigenvalue weighted by atomic mass is 32.1. The van der Waals surface area contributed by atoms with Crippen LogP contribution in [0.25, 0.3) is 0 Å². The van der Waals surface area contributed by atoms with Crippen molar-refractivity contribution >= 4 is 34.2 Å². The zero-order chi connectivity index (χ0) is 17.1. The highest BCUT2D eigenvalue weighted by Gasteiger charge is 2.36. The highest BCUT2D eigenvalue weighted by Crippen LogP contribution is 2.36. The summed E-state index contributed by atoms with van der Waals surface area (Å²) in [6, 6.07) is 0. The number of aryl methyl sites for hydroxylation is 1. The van der Waals surface area contributed by atoms with Crippen molar-refractivity contribution in [3.63, 3.8) is 0 Å². The van der Waals surface area contributed by atoms with Gasteiger partial charge in [0.1, 0.15) is 5.00 Å². The molecule has 0 radical (unpaired) electrons. The van der Waals surface area contributed by atoms with Crippen LogP contribution in [0.3, 0.4) is 0 Å². The van der Waals surface area contributed by atoms with Crippen LogP contribution in [0.15, 0.2) is 0 Å². The zero-order valence-electron chi connectivity index (χ0n) is 13.5. The van der Waals surface area contributed by atoms with Crippen molar-refractivity contribution in [3.8, 4) is 0 Å². The number of rotatable bonds is 4. The predicted octanol–water partition coefficient (Wildman–Crippen LogP) is 2.98. The Balaban J connectivity index is 2.24. The van der Waals surface area contributed by atoms with E-state index in [9.17, 15) is 19.5 Å². The number of methoxy groups -OCH3 is 1. The molecule has 0 aromatic carbocycles. The summed E-state index contributed by atoms with van der Waals surface area (Å²) in [6.07, 6.45) is 2.74. The van der Waals surface area contributed by atoms with Gasteiger partial charge >= 0.3 is 11.9 Å². The van der Waals surface area contributed by atoms with Crippen LogP contribution in [0.5, 0.6) is 0 Å². The van der Waals surface area contributed by atoms with Crippen LogP contribution in [0.2, 0.25) is 0 Å². The first kappa shape index (κ1) is 17.5. The molecule has 126 valence electrons. The maximum atomic E-state index is 12.5. The van der Waals surface area contributed by atoms with Gasteiger partial charge in [-0.25, -0.2) is 4.79 Å². The van der Waals surface area contributed by atoms with Gasteiger partial charge in [0, 0.05) is 4.88 Å². The number of carbonyl (C=O) groups excluding carboxylic acids is 2. The molecule has 7 heteroatoms. The first-order chi connectivity index (χ1) is 10.9. The molecule has 1 aromatic rings. The van der Waals surface area contributed by atoms with E-state index >= 15 is 0 Å². The standard InChI is InChI=1S/C16H21NO5S/c1-8-9(2)23-14(12(8)16(21)22-3)17-13(18)10-6-4-5-7-11(10)15(19)20/h10-11H,4-7H2,1-3H3,(H,17,18)(H,19,20).